The van der Waals surface area contributed by atoms with Crippen LogP contribution >= 0.6 is 0 Å². The van der Waals surface area contributed by atoms with Gasteiger partial charge in [-0.3, -0.25) is 0 Å². The fourth-order valence-electron chi connectivity index (χ4n) is 1.42. The summed E-state index contributed by atoms with van der Waals surface area (Å²) in [5, 5.41) is 5.90. The molecular formula is C12H13FN4. The topological polar surface area (TPSA) is 49.8 Å². The van der Waals surface area contributed by atoms with Gasteiger partial charge in [-0.15, -0.1) is 0 Å². The molecule has 2 rings (SSSR count). The van der Waals surface area contributed by atoms with Crippen molar-refractivity contribution in [3.63, 3.8) is 0 Å². The van der Waals surface area contributed by atoms with E-state index < -0.39 is 0 Å². The molecule has 2 aromatic rings. The third-order valence-corrected chi connectivity index (χ3v) is 2.34. The van der Waals surface area contributed by atoms with E-state index in [1.54, 1.807) is 25.4 Å². The fraction of sp³-hybridized carbons (Fsp3) is 0.167. The van der Waals surface area contributed by atoms with Crippen molar-refractivity contribution in [2.75, 3.05) is 17.7 Å². The summed E-state index contributed by atoms with van der Waals surface area (Å²) in [6.45, 7) is 1.90. The molecule has 2 N–H and O–H groups in total. The minimum absolute atomic E-state index is 0.277. The number of anilines is 3. The molecule has 0 radical (unpaired) electrons. The molecule has 0 aliphatic carbocycles. The van der Waals surface area contributed by atoms with Gasteiger partial charge in [0.15, 0.2) is 0 Å². The second-order valence-electron chi connectivity index (χ2n) is 3.60. The number of aryl methyl sites for hydroxylation is 1. The van der Waals surface area contributed by atoms with Crippen LogP contribution in [0.25, 0.3) is 0 Å². The molecule has 1 aromatic heterocycles. The highest BCUT2D eigenvalue weighted by Crippen LogP contribution is 2.20. The Morgan fingerprint density at radius 2 is 2.06 bits per heavy atom. The largest absolute Gasteiger partial charge is 0.357 e. The average molecular weight is 232 g/mol. The molecule has 0 aliphatic heterocycles. The molecular weight excluding hydrogens is 219 g/mol. The Kier molecular flexibility index (Phi) is 3.18. The van der Waals surface area contributed by atoms with Crippen molar-refractivity contribution in [1.82, 2.24) is 9.97 Å². The van der Waals surface area contributed by atoms with Crippen LogP contribution in [0.4, 0.5) is 21.8 Å². The molecule has 0 atom stereocenters. The molecule has 1 aromatic carbocycles. The summed E-state index contributed by atoms with van der Waals surface area (Å²) in [5.74, 6) is 0.864. The van der Waals surface area contributed by atoms with E-state index in [0.29, 0.717) is 17.5 Å². The molecule has 17 heavy (non-hydrogen) atoms. The summed E-state index contributed by atoms with van der Waals surface area (Å²) in [5.41, 5.74) is 1.65. The van der Waals surface area contributed by atoms with Crippen molar-refractivity contribution in [2.24, 2.45) is 0 Å². The Morgan fingerprint density at radius 1 is 1.24 bits per heavy atom. The van der Waals surface area contributed by atoms with Gasteiger partial charge in [0.1, 0.15) is 11.6 Å². The van der Waals surface area contributed by atoms with Crippen molar-refractivity contribution in [1.29, 1.82) is 0 Å². The molecule has 0 saturated carbocycles. The van der Waals surface area contributed by atoms with Crippen LogP contribution in [-0.2, 0) is 0 Å². The van der Waals surface area contributed by atoms with Gasteiger partial charge in [-0.2, -0.15) is 4.98 Å². The van der Waals surface area contributed by atoms with Crippen LogP contribution in [0.3, 0.4) is 0 Å². The van der Waals surface area contributed by atoms with Crippen LogP contribution in [0.15, 0.2) is 30.5 Å². The van der Waals surface area contributed by atoms with E-state index in [1.165, 1.54) is 12.1 Å². The Balaban J connectivity index is 2.27. The maximum atomic E-state index is 13.1. The van der Waals surface area contributed by atoms with E-state index in [0.717, 1.165) is 5.56 Å². The van der Waals surface area contributed by atoms with Crippen molar-refractivity contribution < 1.29 is 4.39 Å². The number of nitrogens with zero attached hydrogens (tertiary/aromatic N) is 2. The minimum Gasteiger partial charge on any atom is -0.357 e. The summed E-state index contributed by atoms with van der Waals surface area (Å²) in [6.07, 6.45) is 1.63. The molecule has 0 bridgehead atoms. The number of hydrogen-bond acceptors (Lipinski definition) is 4. The Labute approximate surface area is 98.9 Å². The average Bonchev–Trinajstić information content (AvgIpc) is 2.34. The van der Waals surface area contributed by atoms with Crippen LogP contribution < -0.4 is 10.6 Å². The molecule has 4 nitrogen and oxygen atoms in total. The maximum Gasteiger partial charge on any atom is 0.224 e. The summed E-state index contributed by atoms with van der Waals surface area (Å²) < 4.78 is 13.1. The van der Waals surface area contributed by atoms with E-state index in [9.17, 15) is 4.39 Å². The van der Waals surface area contributed by atoms with Crippen LogP contribution in [0.5, 0.6) is 0 Å². The third kappa shape index (κ3) is 2.69. The van der Waals surface area contributed by atoms with E-state index in [2.05, 4.69) is 20.6 Å². The standard InChI is InChI=1S/C12H13FN4/c1-8-3-4-9(13)7-10(8)16-11-5-6-15-12(14-2)17-11/h3-7H,1-2H3,(H2,14,15,16,17). The van der Waals surface area contributed by atoms with E-state index in [4.69, 9.17) is 0 Å². The lowest BCUT2D eigenvalue weighted by atomic mass is 10.2. The van der Waals surface area contributed by atoms with Gasteiger partial charge in [-0.25, -0.2) is 9.37 Å². The normalized spacial score (nSPS) is 10.1. The van der Waals surface area contributed by atoms with Gasteiger partial charge in [-0.1, -0.05) is 6.07 Å². The van der Waals surface area contributed by atoms with Crippen LogP contribution in [0, 0.1) is 12.7 Å². The van der Waals surface area contributed by atoms with Gasteiger partial charge >= 0.3 is 0 Å². The second-order valence-corrected chi connectivity index (χ2v) is 3.60. The van der Waals surface area contributed by atoms with Crippen molar-refractivity contribution in [3.8, 4) is 0 Å². The van der Waals surface area contributed by atoms with Gasteiger partial charge in [0.2, 0.25) is 5.95 Å². The van der Waals surface area contributed by atoms with Crippen molar-refractivity contribution >= 4 is 17.5 Å². The molecule has 0 spiro atoms. The summed E-state index contributed by atoms with van der Waals surface area (Å²) >= 11 is 0. The van der Waals surface area contributed by atoms with Crippen LogP contribution in [-0.4, -0.2) is 17.0 Å². The summed E-state index contributed by atoms with van der Waals surface area (Å²) in [7, 11) is 1.74. The molecule has 1 heterocycles. The van der Waals surface area contributed by atoms with Gasteiger partial charge in [0.05, 0.1) is 0 Å². The molecule has 0 amide bonds. The molecule has 88 valence electrons. The SMILES string of the molecule is CNc1nccc(Nc2cc(F)ccc2C)n1. The molecule has 0 fully saturated rings. The minimum atomic E-state index is -0.277. The number of rotatable bonds is 3. The quantitative estimate of drug-likeness (QED) is 0.854. The molecule has 0 saturated heterocycles. The number of nitrogens with one attached hydrogen (secondary N) is 2. The highest BCUT2D eigenvalue weighted by atomic mass is 19.1. The zero-order valence-corrected chi connectivity index (χ0v) is 9.66. The van der Waals surface area contributed by atoms with E-state index in [-0.39, 0.29) is 5.82 Å². The molecule has 0 unspecified atom stereocenters. The Hall–Kier alpha value is -2.17. The van der Waals surface area contributed by atoms with Crippen LogP contribution in [0.2, 0.25) is 0 Å². The first kappa shape index (κ1) is 11.3. The highest BCUT2D eigenvalue weighted by molar-refractivity contribution is 5.60. The second kappa shape index (κ2) is 4.78. The van der Waals surface area contributed by atoms with Gasteiger partial charge in [-0.05, 0) is 30.7 Å². The Bertz CT molecular complexity index is 528. The lowest BCUT2D eigenvalue weighted by molar-refractivity contribution is 0.628. The van der Waals surface area contributed by atoms with Gasteiger partial charge < -0.3 is 10.6 Å². The lowest BCUT2D eigenvalue weighted by Gasteiger charge is -2.09. The first-order chi connectivity index (χ1) is 8.19. The first-order valence-electron chi connectivity index (χ1n) is 5.23. The summed E-state index contributed by atoms with van der Waals surface area (Å²) in [6, 6.07) is 6.32. The van der Waals surface area contributed by atoms with E-state index in [1.807, 2.05) is 6.92 Å². The maximum absolute atomic E-state index is 13.1. The van der Waals surface area contributed by atoms with E-state index >= 15 is 0 Å². The van der Waals surface area contributed by atoms with Gasteiger partial charge in [0.25, 0.3) is 0 Å². The number of hydrogen-bond donors (Lipinski definition) is 2. The molecule has 5 heteroatoms. The first-order valence-corrected chi connectivity index (χ1v) is 5.23. The predicted octanol–water partition coefficient (Wildman–Crippen LogP) is 2.71. The zero-order chi connectivity index (χ0) is 12.3. The summed E-state index contributed by atoms with van der Waals surface area (Å²) in [4.78, 5) is 8.20. The smallest absolute Gasteiger partial charge is 0.224 e. The monoisotopic (exact) mass is 232 g/mol. The van der Waals surface area contributed by atoms with Crippen molar-refractivity contribution in [2.45, 2.75) is 6.92 Å². The zero-order valence-electron chi connectivity index (χ0n) is 9.66. The van der Waals surface area contributed by atoms with Crippen LogP contribution in [0.1, 0.15) is 5.56 Å². The Morgan fingerprint density at radius 3 is 2.82 bits per heavy atom. The number of halogens is 1. The number of aromatic nitrogens is 2. The van der Waals surface area contributed by atoms with Crippen molar-refractivity contribution in [3.05, 3.63) is 41.8 Å². The fourth-order valence-corrected chi connectivity index (χ4v) is 1.42. The third-order valence-electron chi connectivity index (χ3n) is 2.34. The molecule has 0 aliphatic rings. The predicted molar refractivity (Wildman–Crippen MR) is 66.0 cm³/mol. The number of benzene rings is 1. The van der Waals surface area contributed by atoms with Gasteiger partial charge in [0, 0.05) is 18.9 Å². The lowest BCUT2D eigenvalue weighted by Crippen LogP contribution is -2.00. The highest BCUT2D eigenvalue weighted by Gasteiger charge is 2.02.